The second-order valence-corrected chi connectivity index (χ2v) is 8.30. The fourth-order valence-electron chi connectivity index (χ4n) is 2.37. The Morgan fingerprint density at radius 2 is 1.54 bits per heavy atom. The lowest BCUT2D eigenvalue weighted by Crippen LogP contribution is -2.63. The minimum Gasteiger partial charge on any atom is -0.459 e. The molecule has 0 spiro atoms. The van der Waals surface area contributed by atoms with Crippen molar-refractivity contribution in [1.82, 2.24) is 10.4 Å². The molecule has 1 aliphatic rings. The Bertz CT molecular complexity index is 504. The van der Waals surface area contributed by atoms with Gasteiger partial charge in [0, 0.05) is 5.92 Å². The molecule has 1 N–H and O–H groups in total. The first-order valence-corrected chi connectivity index (χ1v) is 8.23. The predicted octanol–water partition coefficient (Wildman–Crippen LogP) is 1.66. The van der Waals surface area contributed by atoms with Crippen LogP contribution in [0.25, 0.3) is 0 Å². The summed E-state index contributed by atoms with van der Waals surface area (Å²) in [4.78, 5) is 36.8. The number of hydrazine groups is 1. The SMILES string of the molecule is C[C@@H]1[C@H](C)C(=O)N(CC(=O)OC(C)(C)C)N[C@@H]1C(=O)OC(C)(C)C. The number of carbonyl (C=O) groups excluding carboxylic acids is 3. The molecule has 7 heteroatoms. The molecule has 1 fully saturated rings. The molecule has 0 aromatic rings. The van der Waals surface area contributed by atoms with E-state index in [0.717, 1.165) is 5.01 Å². The van der Waals surface area contributed by atoms with Crippen molar-refractivity contribution in [1.29, 1.82) is 0 Å². The van der Waals surface area contributed by atoms with Crippen LogP contribution in [-0.2, 0) is 23.9 Å². The van der Waals surface area contributed by atoms with Crippen LogP contribution < -0.4 is 5.43 Å². The Morgan fingerprint density at radius 3 is 2.00 bits per heavy atom. The van der Waals surface area contributed by atoms with Crippen LogP contribution in [0, 0.1) is 11.8 Å². The first kappa shape index (κ1) is 20.4. The third kappa shape index (κ3) is 5.78. The van der Waals surface area contributed by atoms with Crippen LogP contribution in [0.1, 0.15) is 55.4 Å². The average molecular weight is 342 g/mol. The van der Waals surface area contributed by atoms with E-state index in [2.05, 4.69) is 5.43 Å². The standard InChI is InChI=1S/C17H30N2O5/c1-10-11(2)14(21)19(9-12(20)23-16(3,4)5)18-13(10)15(22)24-17(6,7)8/h10-11,13,18H,9H2,1-8H3/t10-,11+,13+/m1/s1. The van der Waals surface area contributed by atoms with E-state index in [9.17, 15) is 14.4 Å². The molecule has 7 nitrogen and oxygen atoms in total. The maximum absolute atomic E-state index is 12.4. The molecule has 0 aliphatic carbocycles. The van der Waals surface area contributed by atoms with Gasteiger partial charge in [-0.2, -0.15) is 0 Å². The summed E-state index contributed by atoms with van der Waals surface area (Å²) in [5, 5.41) is 1.16. The summed E-state index contributed by atoms with van der Waals surface area (Å²) in [6, 6.07) is -0.695. The minimum absolute atomic E-state index is 0.242. The number of rotatable bonds is 3. The molecule has 0 aromatic carbocycles. The Morgan fingerprint density at radius 1 is 1.04 bits per heavy atom. The van der Waals surface area contributed by atoms with Gasteiger partial charge in [-0.25, -0.2) is 5.43 Å². The molecule has 0 bridgehead atoms. The van der Waals surface area contributed by atoms with E-state index >= 15 is 0 Å². The van der Waals surface area contributed by atoms with Crippen molar-refractivity contribution < 1.29 is 23.9 Å². The van der Waals surface area contributed by atoms with Gasteiger partial charge in [-0.1, -0.05) is 13.8 Å². The zero-order chi connectivity index (χ0) is 18.9. The Kier molecular flexibility index (Phi) is 6.03. The van der Waals surface area contributed by atoms with Gasteiger partial charge in [0.05, 0.1) is 0 Å². The zero-order valence-electron chi connectivity index (χ0n) is 15.9. The monoisotopic (exact) mass is 342 g/mol. The lowest BCUT2D eigenvalue weighted by atomic mass is 9.86. The molecule has 0 unspecified atom stereocenters. The van der Waals surface area contributed by atoms with Gasteiger partial charge in [0.2, 0.25) is 5.91 Å². The summed E-state index contributed by atoms with van der Waals surface area (Å²) in [7, 11) is 0. The summed E-state index contributed by atoms with van der Waals surface area (Å²) >= 11 is 0. The molecule has 24 heavy (non-hydrogen) atoms. The van der Waals surface area contributed by atoms with E-state index < -0.39 is 35.1 Å². The highest BCUT2D eigenvalue weighted by Gasteiger charge is 2.43. The van der Waals surface area contributed by atoms with Gasteiger partial charge < -0.3 is 9.47 Å². The highest BCUT2D eigenvalue weighted by atomic mass is 16.6. The summed E-state index contributed by atoms with van der Waals surface area (Å²) in [5.74, 6) is -1.88. The fourth-order valence-corrected chi connectivity index (χ4v) is 2.37. The predicted molar refractivity (Wildman–Crippen MR) is 88.7 cm³/mol. The first-order valence-electron chi connectivity index (χ1n) is 8.23. The van der Waals surface area contributed by atoms with Crippen molar-refractivity contribution in [3.63, 3.8) is 0 Å². The van der Waals surface area contributed by atoms with Crippen LogP contribution in [0.3, 0.4) is 0 Å². The van der Waals surface area contributed by atoms with Gasteiger partial charge in [0.1, 0.15) is 23.8 Å². The number of nitrogens with zero attached hydrogens (tertiary/aromatic N) is 1. The topological polar surface area (TPSA) is 84.9 Å². The van der Waals surface area contributed by atoms with Gasteiger partial charge in [0.15, 0.2) is 0 Å². The fraction of sp³-hybridized carbons (Fsp3) is 0.824. The van der Waals surface area contributed by atoms with Crippen molar-refractivity contribution >= 4 is 17.8 Å². The molecule has 138 valence electrons. The lowest BCUT2D eigenvalue weighted by Gasteiger charge is -2.40. The summed E-state index contributed by atoms with van der Waals surface area (Å²) in [6.45, 7) is 13.9. The third-order valence-corrected chi connectivity index (χ3v) is 3.63. The molecular formula is C17H30N2O5. The van der Waals surface area contributed by atoms with Crippen LogP contribution in [0.4, 0.5) is 0 Å². The molecule has 1 aliphatic heterocycles. The van der Waals surface area contributed by atoms with E-state index in [1.54, 1.807) is 48.5 Å². The summed E-state index contributed by atoms with van der Waals surface area (Å²) in [5.41, 5.74) is 1.57. The molecular weight excluding hydrogens is 312 g/mol. The maximum Gasteiger partial charge on any atom is 0.327 e. The number of hydrogen-bond donors (Lipinski definition) is 1. The number of esters is 2. The Balaban J connectivity index is 2.85. The van der Waals surface area contributed by atoms with E-state index in [1.807, 2.05) is 6.92 Å². The molecule has 1 amide bonds. The van der Waals surface area contributed by atoms with Gasteiger partial charge in [-0.3, -0.25) is 19.4 Å². The average Bonchev–Trinajstić information content (AvgIpc) is 2.35. The van der Waals surface area contributed by atoms with E-state index in [1.165, 1.54) is 0 Å². The summed E-state index contributed by atoms with van der Waals surface area (Å²) in [6.07, 6.45) is 0. The van der Waals surface area contributed by atoms with Crippen LogP contribution in [0.15, 0.2) is 0 Å². The molecule has 3 atom stereocenters. The second-order valence-electron chi connectivity index (χ2n) is 8.30. The summed E-state index contributed by atoms with van der Waals surface area (Å²) < 4.78 is 10.6. The quantitative estimate of drug-likeness (QED) is 0.785. The van der Waals surface area contributed by atoms with Crippen molar-refractivity contribution in [2.45, 2.75) is 72.6 Å². The number of ether oxygens (including phenoxy) is 2. The van der Waals surface area contributed by atoms with Crippen LogP contribution in [0.2, 0.25) is 0 Å². The molecule has 0 saturated carbocycles. The van der Waals surface area contributed by atoms with Crippen molar-refractivity contribution in [2.24, 2.45) is 11.8 Å². The highest BCUT2D eigenvalue weighted by molar-refractivity contribution is 5.87. The maximum atomic E-state index is 12.4. The minimum atomic E-state index is -0.695. The van der Waals surface area contributed by atoms with Crippen LogP contribution >= 0.6 is 0 Å². The van der Waals surface area contributed by atoms with E-state index in [0.29, 0.717) is 0 Å². The van der Waals surface area contributed by atoms with Crippen LogP contribution in [-0.4, -0.2) is 46.6 Å². The van der Waals surface area contributed by atoms with E-state index in [-0.39, 0.29) is 18.4 Å². The number of hydrogen-bond acceptors (Lipinski definition) is 6. The normalized spacial score (nSPS) is 25.4. The third-order valence-electron chi connectivity index (χ3n) is 3.63. The molecule has 1 rings (SSSR count). The van der Waals surface area contributed by atoms with E-state index in [4.69, 9.17) is 9.47 Å². The number of carbonyl (C=O) groups is 3. The Hall–Kier alpha value is -1.63. The first-order chi connectivity index (χ1) is 10.7. The lowest BCUT2D eigenvalue weighted by molar-refractivity contribution is -0.173. The molecule has 1 saturated heterocycles. The Labute approximate surface area is 144 Å². The van der Waals surface area contributed by atoms with Crippen LogP contribution in [0.5, 0.6) is 0 Å². The van der Waals surface area contributed by atoms with Gasteiger partial charge in [0.25, 0.3) is 0 Å². The van der Waals surface area contributed by atoms with Gasteiger partial charge >= 0.3 is 11.9 Å². The van der Waals surface area contributed by atoms with Crippen molar-refractivity contribution in [3.05, 3.63) is 0 Å². The second kappa shape index (κ2) is 7.09. The largest absolute Gasteiger partial charge is 0.459 e. The zero-order valence-corrected chi connectivity index (χ0v) is 15.9. The number of nitrogens with one attached hydrogen (secondary N) is 1. The van der Waals surface area contributed by atoms with Gasteiger partial charge in [-0.15, -0.1) is 0 Å². The van der Waals surface area contributed by atoms with Crippen molar-refractivity contribution in [3.8, 4) is 0 Å². The smallest absolute Gasteiger partial charge is 0.327 e. The molecule has 0 aromatic heterocycles. The molecule has 0 radical (unpaired) electrons. The molecule has 1 heterocycles. The van der Waals surface area contributed by atoms with Crippen molar-refractivity contribution in [2.75, 3.05) is 6.54 Å². The number of amides is 1. The van der Waals surface area contributed by atoms with Gasteiger partial charge in [-0.05, 0) is 47.5 Å². The highest BCUT2D eigenvalue weighted by Crippen LogP contribution is 2.25.